The van der Waals surface area contributed by atoms with Crippen LogP contribution in [0.15, 0.2) is 79.7 Å². The molecule has 9 nitrogen and oxygen atoms in total. The highest BCUT2D eigenvalue weighted by Gasteiger charge is 2.18. The first-order valence-corrected chi connectivity index (χ1v) is 12.8. The van der Waals surface area contributed by atoms with Crippen LogP contribution in [-0.4, -0.2) is 39.5 Å². The van der Waals surface area contributed by atoms with Crippen molar-refractivity contribution in [1.82, 2.24) is 10.2 Å². The molecule has 2 N–H and O–H groups in total. The number of carboxylic acids is 2. The molecule has 12 heteroatoms. The molecule has 1 heterocycles. The lowest BCUT2D eigenvalue weighted by molar-refractivity contribution is -0.131. The number of methoxy groups -OCH3 is 1. The second-order valence-corrected chi connectivity index (χ2v) is 9.90. The molecule has 0 unspecified atom stereocenters. The van der Waals surface area contributed by atoms with E-state index in [2.05, 4.69) is 26.1 Å². The van der Waals surface area contributed by atoms with Crippen LogP contribution in [0.5, 0.6) is 11.5 Å². The largest absolute Gasteiger partial charge is 0.496 e. The van der Waals surface area contributed by atoms with Crippen molar-refractivity contribution < 1.29 is 33.7 Å². The van der Waals surface area contributed by atoms with Crippen molar-refractivity contribution in [2.24, 2.45) is 0 Å². The van der Waals surface area contributed by atoms with Crippen molar-refractivity contribution in [2.45, 2.75) is 11.8 Å². The summed E-state index contributed by atoms with van der Waals surface area (Å²) in [5, 5.41) is 27.2. The van der Waals surface area contributed by atoms with E-state index in [0.29, 0.717) is 32.1 Å². The number of carboxylic acid groups (broad SMARTS) is 2. The zero-order valence-corrected chi connectivity index (χ0v) is 22.7. The fourth-order valence-electron chi connectivity index (χ4n) is 3.22. The van der Waals surface area contributed by atoms with Crippen molar-refractivity contribution in [3.8, 4) is 23.0 Å². The van der Waals surface area contributed by atoms with Gasteiger partial charge in [-0.15, -0.1) is 10.2 Å². The molecule has 0 aliphatic carbocycles. The maximum atomic E-state index is 11.9. The Kier molecular flexibility index (Phi) is 8.72. The van der Waals surface area contributed by atoms with Crippen LogP contribution in [0.25, 0.3) is 17.5 Å². The third kappa shape index (κ3) is 6.74. The average Bonchev–Trinajstić information content (AvgIpc) is 3.36. The molecule has 0 fully saturated rings. The van der Waals surface area contributed by atoms with Gasteiger partial charge in [0, 0.05) is 5.02 Å². The van der Waals surface area contributed by atoms with Gasteiger partial charge in [0.15, 0.2) is 0 Å². The molecule has 0 radical (unpaired) electrons. The molecule has 0 amide bonds. The van der Waals surface area contributed by atoms with E-state index in [-0.39, 0.29) is 28.2 Å². The minimum Gasteiger partial charge on any atom is -0.496 e. The molecule has 4 rings (SSSR count). The van der Waals surface area contributed by atoms with E-state index in [9.17, 15) is 14.7 Å². The summed E-state index contributed by atoms with van der Waals surface area (Å²) in [6.07, 6.45) is 1.47. The normalized spacial score (nSPS) is 11.3. The maximum Gasteiger partial charge on any atom is 0.342 e. The molecule has 1 aromatic heterocycles. The van der Waals surface area contributed by atoms with E-state index in [1.807, 2.05) is 0 Å². The van der Waals surface area contributed by atoms with Gasteiger partial charge in [-0.2, -0.15) is 0 Å². The highest BCUT2D eigenvalue weighted by molar-refractivity contribution is 9.10. The van der Waals surface area contributed by atoms with Crippen LogP contribution in [0.1, 0.15) is 21.5 Å². The number of nitrogens with zero attached hydrogens (tertiary/aromatic N) is 2. The number of rotatable bonds is 10. The Morgan fingerprint density at radius 1 is 1.05 bits per heavy atom. The SMILES string of the molecule is COc1ccc(Cl)cc1-c1nnc(S/C(=C\c2ccc(OCc3ccc(C(=O)O)cc3)c(Br)c2)C(=O)O)o1. The summed E-state index contributed by atoms with van der Waals surface area (Å²) < 4.78 is 17.4. The second kappa shape index (κ2) is 12.2. The number of hydrogen-bond donors (Lipinski definition) is 2. The lowest BCUT2D eigenvalue weighted by Crippen LogP contribution is -1.99. The minimum atomic E-state index is -1.17. The van der Waals surface area contributed by atoms with Crippen molar-refractivity contribution >= 4 is 57.3 Å². The number of hydrogen-bond acceptors (Lipinski definition) is 8. The first-order valence-electron chi connectivity index (χ1n) is 10.8. The molecular weight excluding hydrogens is 600 g/mol. The van der Waals surface area contributed by atoms with Gasteiger partial charge in [0.05, 0.1) is 22.7 Å². The predicted molar refractivity (Wildman–Crippen MR) is 145 cm³/mol. The summed E-state index contributed by atoms with van der Waals surface area (Å²) >= 11 is 10.3. The monoisotopic (exact) mass is 616 g/mol. The molecule has 0 saturated carbocycles. The van der Waals surface area contributed by atoms with Gasteiger partial charge < -0.3 is 24.1 Å². The van der Waals surface area contributed by atoms with E-state index in [1.54, 1.807) is 48.5 Å². The molecular formula is C26H18BrClN2O7S. The van der Waals surface area contributed by atoms with E-state index >= 15 is 0 Å². The summed E-state index contributed by atoms with van der Waals surface area (Å²) in [6.45, 7) is 0.223. The topological polar surface area (TPSA) is 132 Å². The molecule has 38 heavy (non-hydrogen) atoms. The van der Waals surface area contributed by atoms with E-state index < -0.39 is 11.9 Å². The molecule has 0 aliphatic heterocycles. The fourth-order valence-corrected chi connectivity index (χ4v) is 4.57. The first kappa shape index (κ1) is 27.2. The predicted octanol–water partition coefficient (Wildman–Crippen LogP) is 6.66. The molecule has 4 aromatic rings. The smallest absolute Gasteiger partial charge is 0.342 e. The molecule has 0 atom stereocenters. The number of aliphatic carboxylic acids is 1. The number of carbonyl (C=O) groups is 2. The molecule has 194 valence electrons. The number of aromatic carboxylic acids is 1. The van der Waals surface area contributed by atoms with Crippen LogP contribution >= 0.6 is 39.3 Å². The second-order valence-electron chi connectivity index (χ2n) is 7.61. The van der Waals surface area contributed by atoms with Gasteiger partial charge in [-0.1, -0.05) is 29.8 Å². The van der Waals surface area contributed by atoms with Crippen molar-refractivity contribution in [2.75, 3.05) is 7.11 Å². The quantitative estimate of drug-likeness (QED) is 0.147. The zero-order valence-electron chi connectivity index (χ0n) is 19.6. The van der Waals surface area contributed by atoms with E-state index in [0.717, 1.165) is 17.3 Å². The van der Waals surface area contributed by atoms with Crippen LogP contribution < -0.4 is 9.47 Å². The lowest BCUT2D eigenvalue weighted by Gasteiger charge is -2.09. The van der Waals surface area contributed by atoms with Crippen LogP contribution in [-0.2, 0) is 11.4 Å². The Balaban J connectivity index is 1.48. The zero-order chi connectivity index (χ0) is 27.2. The van der Waals surface area contributed by atoms with Gasteiger partial charge in [-0.25, -0.2) is 9.59 Å². The standard InChI is InChI=1S/C26H18BrClN2O7S/c1-35-20-9-7-17(28)12-18(20)23-29-30-26(37-23)38-22(25(33)34)11-15-4-8-21(19(27)10-15)36-13-14-2-5-16(6-3-14)24(31)32/h2-12H,13H2,1H3,(H,31,32)(H,33,34)/b22-11-. The van der Waals surface area contributed by atoms with Gasteiger partial charge in [-0.3, -0.25) is 0 Å². The molecule has 0 saturated heterocycles. The number of aromatic nitrogens is 2. The highest BCUT2D eigenvalue weighted by Crippen LogP contribution is 2.35. The van der Waals surface area contributed by atoms with Gasteiger partial charge in [0.25, 0.3) is 11.1 Å². The van der Waals surface area contributed by atoms with Crippen molar-refractivity contribution in [1.29, 1.82) is 0 Å². The summed E-state index contributed by atoms with van der Waals surface area (Å²) in [7, 11) is 1.50. The summed E-state index contributed by atoms with van der Waals surface area (Å²) in [5.41, 5.74) is 2.07. The van der Waals surface area contributed by atoms with Gasteiger partial charge in [-0.05, 0) is 87.4 Å². The Morgan fingerprint density at radius 2 is 1.79 bits per heavy atom. The van der Waals surface area contributed by atoms with Crippen LogP contribution in [0.2, 0.25) is 5.02 Å². The fraction of sp³-hybridized carbons (Fsp3) is 0.0769. The molecule has 0 aliphatic rings. The number of thioether (sulfide) groups is 1. The van der Waals surface area contributed by atoms with Gasteiger partial charge in [0.1, 0.15) is 23.0 Å². The molecule has 0 bridgehead atoms. The summed E-state index contributed by atoms with van der Waals surface area (Å²) in [6, 6.07) is 16.4. The average molecular weight is 618 g/mol. The van der Waals surface area contributed by atoms with Gasteiger partial charge in [0.2, 0.25) is 0 Å². The summed E-state index contributed by atoms with van der Waals surface area (Å²) in [5.74, 6) is -1.02. The Bertz CT molecular complexity index is 1520. The third-order valence-electron chi connectivity index (χ3n) is 5.06. The molecule has 3 aromatic carbocycles. The van der Waals surface area contributed by atoms with Crippen molar-refractivity contribution in [3.63, 3.8) is 0 Å². The van der Waals surface area contributed by atoms with E-state index in [4.69, 9.17) is 30.6 Å². The Hall–Kier alpha value is -3.80. The Morgan fingerprint density at radius 3 is 2.45 bits per heavy atom. The van der Waals surface area contributed by atoms with E-state index in [1.165, 1.54) is 25.3 Å². The third-order valence-corrected chi connectivity index (χ3v) is 6.76. The van der Waals surface area contributed by atoms with Crippen LogP contribution in [0.3, 0.4) is 0 Å². The van der Waals surface area contributed by atoms with Crippen molar-refractivity contribution in [3.05, 3.63) is 91.8 Å². The summed E-state index contributed by atoms with van der Waals surface area (Å²) in [4.78, 5) is 22.9. The van der Waals surface area contributed by atoms with Crippen LogP contribution in [0.4, 0.5) is 0 Å². The lowest BCUT2D eigenvalue weighted by atomic mass is 10.1. The Labute approximate surface area is 234 Å². The minimum absolute atomic E-state index is 0.0311. The number of benzene rings is 3. The number of halogens is 2. The first-order chi connectivity index (χ1) is 18.2. The number of ether oxygens (including phenoxy) is 2. The van der Waals surface area contributed by atoms with Gasteiger partial charge >= 0.3 is 11.9 Å². The highest BCUT2D eigenvalue weighted by atomic mass is 79.9. The maximum absolute atomic E-state index is 11.9. The van der Waals surface area contributed by atoms with Crippen LogP contribution in [0, 0.1) is 0 Å². The molecule has 0 spiro atoms.